The van der Waals surface area contributed by atoms with E-state index in [1.54, 1.807) is 18.2 Å². The average Bonchev–Trinajstić information content (AvgIpc) is 2.68. The van der Waals surface area contributed by atoms with Crippen molar-refractivity contribution in [2.45, 2.75) is 13.0 Å². The van der Waals surface area contributed by atoms with Gasteiger partial charge in [0.2, 0.25) is 0 Å². The molecule has 5 heteroatoms. The fraction of sp³-hybridized carbons (Fsp3) is 0.364. The van der Waals surface area contributed by atoms with Crippen LogP contribution in [0.5, 0.6) is 5.75 Å². The van der Waals surface area contributed by atoms with E-state index in [9.17, 15) is 4.79 Å². The van der Waals surface area contributed by atoms with Crippen molar-refractivity contribution in [3.05, 3.63) is 28.8 Å². The van der Waals surface area contributed by atoms with E-state index in [-0.39, 0.29) is 6.10 Å². The van der Waals surface area contributed by atoms with Crippen LogP contribution in [0.2, 0.25) is 5.02 Å². The maximum Gasteiger partial charge on any atom is 0.407 e. The van der Waals surface area contributed by atoms with Gasteiger partial charge in [0, 0.05) is 10.6 Å². The summed E-state index contributed by atoms with van der Waals surface area (Å²) >= 11 is 5.92. The Morgan fingerprint density at radius 2 is 2.44 bits per heavy atom. The minimum atomic E-state index is -0.410. The number of ether oxygens (including phenoxy) is 2. The Labute approximate surface area is 98.5 Å². The first-order valence-electron chi connectivity index (χ1n) is 5.07. The highest BCUT2D eigenvalue weighted by molar-refractivity contribution is 6.30. The summed E-state index contributed by atoms with van der Waals surface area (Å²) in [5, 5.41) is 3.20. The molecule has 1 unspecified atom stereocenters. The van der Waals surface area contributed by atoms with Gasteiger partial charge in [-0.2, -0.15) is 0 Å². The van der Waals surface area contributed by atoms with Gasteiger partial charge in [-0.05, 0) is 25.1 Å². The molecular weight excluding hydrogens is 230 g/mol. The zero-order valence-corrected chi connectivity index (χ0v) is 9.58. The first-order chi connectivity index (χ1) is 7.70. The Balaban J connectivity index is 2.29. The summed E-state index contributed by atoms with van der Waals surface area (Å²) in [7, 11) is 0. The second-order valence-corrected chi connectivity index (χ2v) is 3.83. The summed E-state index contributed by atoms with van der Waals surface area (Å²) in [6.07, 6.45) is -0.736. The van der Waals surface area contributed by atoms with Crippen LogP contribution in [0.3, 0.4) is 0 Å². The van der Waals surface area contributed by atoms with Gasteiger partial charge in [-0.15, -0.1) is 0 Å². The number of nitrogens with one attached hydrogen (secondary N) is 1. The minimum Gasteiger partial charge on any atom is -0.493 e. The van der Waals surface area contributed by atoms with Crippen molar-refractivity contribution >= 4 is 17.7 Å². The van der Waals surface area contributed by atoms with Gasteiger partial charge in [0.25, 0.3) is 0 Å². The number of rotatable bonds is 3. The van der Waals surface area contributed by atoms with Crippen LogP contribution in [0.25, 0.3) is 0 Å². The zero-order chi connectivity index (χ0) is 11.5. The standard InChI is InChI=1S/C11H12ClNO3/c1-2-15-9-4-3-7(12)5-8(9)10-6-13-11(14)16-10/h3-5,10H,2,6H2,1H3,(H,13,14). The van der Waals surface area contributed by atoms with Crippen molar-refractivity contribution in [2.24, 2.45) is 0 Å². The Bertz CT molecular complexity index is 408. The molecule has 0 radical (unpaired) electrons. The van der Waals surface area contributed by atoms with Gasteiger partial charge < -0.3 is 14.8 Å². The minimum absolute atomic E-state index is 0.326. The van der Waals surface area contributed by atoms with Crippen molar-refractivity contribution in [1.82, 2.24) is 5.32 Å². The quantitative estimate of drug-likeness (QED) is 0.885. The van der Waals surface area contributed by atoms with Gasteiger partial charge in [-0.25, -0.2) is 4.79 Å². The molecule has 1 saturated heterocycles. The van der Waals surface area contributed by atoms with Crippen LogP contribution in [0, 0.1) is 0 Å². The molecule has 1 heterocycles. The first-order valence-corrected chi connectivity index (χ1v) is 5.45. The molecule has 1 atom stereocenters. The molecule has 1 amide bonds. The molecule has 1 aliphatic rings. The van der Waals surface area contributed by atoms with Gasteiger partial charge in [0.15, 0.2) is 0 Å². The van der Waals surface area contributed by atoms with Crippen molar-refractivity contribution in [2.75, 3.05) is 13.2 Å². The SMILES string of the molecule is CCOc1ccc(Cl)cc1C1CNC(=O)O1. The van der Waals surface area contributed by atoms with Gasteiger partial charge in [-0.3, -0.25) is 0 Å². The molecule has 1 N–H and O–H groups in total. The van der Waals surface area contributed by atoms with Gasteiger partial charge in [0.05, 0.1) is 13.2 Å². The summed E-state index contributed by atoms with van der Waals surface area (Å²) in [6, 6.07) is 5.30. The maximum atomic E-state index is 11.0. The number of amides is 1. The van der Waals surface area contributed by atoms with Crippen molar-refractivity contribution in [3.8, 4) is 5.75 Å². The number of hydrogen-bond donors (Lipinski definition) is 1. The normalized spacial score (nSPS) is 19.1. The predicted octanol–water partition coefficient (Wildman–Crippen LogP) is 2.52. The predicted molar refractivity (Wildman–Crippen MR) is 59.8 cm³/mol. The van der Waals surface area contributed by atoms with E-state index in [2.05, 4.69) is 5.32 Å². The number of alkyl carbamates (subject to hydrolysis) is 1. The molecule has 1 aliphatic heterocycles. The van der Waals surface area contributed by atoms with Gasteiger partial charge in [0.1, 0.15) is 11.9 Å². The lowest BCUT2D eigenvalue weighted by molar-refractivity contribution is 0.139. The summed E-state index contributed by atoms with van der Waals surface area (Å²) in [5.74, 6) is 0.702. The molecule has 0 spiro atoms. The molecule has 86 valence electrons. The Morgan fingerprint density at radius 1 is 1.62 bits per heavy atom. The van der Waals surface area contributed by atoms with Crippen LogP contribution in [-0.4, -0.2) is 19.2 Å². The highest BCUT2D eigenvalue weighted by atomic mass is 35.5. The lowest BCUT2D eigenvalue weighted by Crippen LogP contribution is -2.12. The molecule has 1 fully saturated rings. The fourth-order valence-electron chi connectivity index (χ4n) is 1.62. The second kappa shape index (κ2) is 4.61. The second-order valence-electron chi connectivity index (χ2n) is 3.39. The molecule has 0 saturated carbocycles. The van der Waals surface area contributed by atoms with Gasteiger partial charge >= 0.3 is 6.09 Å². The van der Waals surface area contributed by atoms with E-state index >= 15 is 0 Å². The van der Waals surface area contributed by atoms with Crippen LogP contribution in [0.15, 0.2) is 18.2 Å². The Morgan fingerprint density at radius 3 is 3.06 bits per heavy atom. The topological polar surface area (TPSA) is 47.6 Å². The van der Waals surface area contributed by atoms with Crippen LogP contribution in [-0.2, 0) is 4.74 Å². The van der Waals surface area contributed by atoms with E-state index in [4.69, 9.17) is 21.1 Å². The third-order valence-electron chi connectivity index (χ3n) is 2.30. The van der Waals surface area contributed by atoms with Crippen molar-refractivity contribution < 1.29 is 14.3 Å². The van der Waals surface area contributed by atoms with Crippen LogP contribution in [0.1, 0.15) is 18.6 Å². The van der Waals surface area contributed by atoms with Crippen LogP contribution < -0.4 is 10.1 Å². The number of cyclic esters (lactones) is 1. The molecule has 1 aromatic rings. The fourth-order valence-corrected chi connectivity index (χ4v) is 1.80. The zero-order valence-electron chi connectivity index (χ0n) is 8.83. The highest BCUT2D eigenvalue weighted by Gasteiger charge is 2.27. The van der Waals surface area contributed by atoms with Gasteiger partial charge in [-0.1, -0.05) is 11.6 Å². The number of carbonyl (C=O) groups excluding carboxylic acids is 1. The Hall–Kier alpha value is -1.42. The van der Waals surface area contributed by atoms with Crippen molar-refractivity contribution in [3.63, 3.8) is 0 Å². The summed E-state index contributed by atoms with van der Waals surface area (Å²) in [6.45, 7) is 2.90. The molecule has 0 aliphatic carbocycles. The third kappa shape index (κ3) is 2.22. The summed E-state index contributed by atoms with van der Waals surface area (Å²) in [4.78, 5) is 11.0. The van der Waals surface area contributed by atoms with E-state index in [0.29, 0.717) is 23.9 Å². The number of hydrogen-bond acceptors (Lipinski definition) is 3. The molecule has 4 nitrogen and oxygen atoms in total. The maximum absolute atomic E-state index is 11.0. The van der Waals surface area contributed by atoms with Crippen LogP contribution >= 0.6 is 11.6 Å². The number of halogens is 1. The Kier molecular flexibility index (Phi) is 3.19. The van der Waals surface area contributed by atoms with Crippen LogP contribution in [0.4, 0.5) is 4.79 Å². The largest absolute Gasteiger partial charge is 0.493 e. The lowest BCUT2D eigenvalue weighted by atomic mass is 10.1. The average molecular weight is 242 g/mol. The smallest absolute Gasteiger partial charge is 0.407 e. The van der Waals surface area contributed by atoms with E-state index in [1.807, 2.05) is 6.92 Å². The molecule has 2 rings (SSSR count). The molecule has 1 aromatic carbocycles. The van der Waals surface area contributed by atoms with Crippen molar-refractivity contribution in [1.29, 1.82) is 0 Å². The van der Waals surface area contributed by atoms with E-state index in [0.717, 1.165) is 5.56 Å². The molecule has 0 bridgehead atoms. The third-order valence-corrected chi connectivity index (χ3v) is 2.53. The monoisotopic (exact) mass is 241 g/mol. The van der Waals surface area contributed by atoms with E-state index in [1.165, 1.54) is 0 Å². The highest BCUT2D eigenvalue weighted by Crippen LogP contribution is 2.32. The number of carbonyl (C=O) groups is 1. The first kappa shape index (κ1) is 11.1. The summed E-state index contributed by atoms with van der Waals surface area (Å²) < 4.78 is 10.6. The summed E-state index contributed by atoms with van der Waals surface area (Å²) in [5.41, 5.74) is 0.799. The van der Waals surface area contributed by atoms with E-state index < -0.39 is 6.09 Å². The molecule has 16 heavy (non-hydrogen) atoms. The molecule has 0 aromatic heterocycles. The molecular formula is C11H12ClNO3. The lowest BCUT2D eigenvalue weighted by Gasteiger charge is -2.14. The number of benzene rings is 1.